The van der Waals surface area contributed by atoms with Gasteiger partial charge in [0.2, 0.25) is 0 Å². The molecule has 0 spiro atoms. The molecule has 1 heterocycles. The fraction of sp³-hybridized carbons (Fsp3) is 0.200. The molecule has 0 radical (unpaired) electrons. The highest BCUT2D eigenvalue weighted by Crippen LogP contribution is 2.35. The molecule has 1 aliphatic heterocycles. The summed E-state index contributed by atoms with van der Waals surface area (Å²) in [6.45, 7) is 0.517. The smallest absolute Gasteiger partial charge is 0.277 e. The van der Waals surface area contributed by atoms with Gasteiger partial charge in [-0.05, 0) is 48.9 Å². The first kappa shape index (κ1) is 25.9. The second kappa shape index (κ2) is 11.2. The van der Waals surface area contributed by atoms with Gasteiger partial charge < -0.3 is 24.4 Å². The average molecular weight is 522 g/mol. The molecule has 0 unspecified atom stereocenters. The van der Waals surface area contributed by atoms with E-state index in [1.54, 1.807) is 37.4 Å². The molecule has 0 saturated heterocycles. The molecule has 4 rings (SSSR count). The molecule has 3 aromatic carbocycles. The number of hydrogen-bond acceptors (Lipinski definition) is 9. The van der Waals surface area contributed by atoms with Gasteiger partial charge in [0, 0.05) is 24.4 Å². The summed E-state index contributed by atoms with van der Waals surface area (Å²) in [5, 5.41) is 24.8. The van der Waals surface area contributed by atoms with Gasteiger partial charge in [0.25, 0.3) is 23.2 Å². The third kappa shape index (κ3) is 5.95. The highest BCUT2D eigenvalue weighted by atomic mass is 16.6. The summed E-state index contributed by atoms with van der Waals surface area (Å²) < 4.78 is 16.3. The minimum absolute atomic E-state index is 0.143. The number of hydrogen-bond donors (Lipinski definition) is 1. The predicted octanol–water partition coefficient (Wildman–Crippen LogP) is 3.96. The maximum Gasteiger partial charge on any atom is 0.277 e. The SMILES string of the molecule is COc1ccc(OCCCN2C(=O)COc3ccc(NC(=O)c4cc([N+](=O)[O-])cc([N+](=O)[O-])c4)cc32)cc1. The predicted molar refractivity (Wildman–Crippen MR) is 135 cm³/mol. The molecule has 13 heteroatoms. The maximum atomic E-state index is 12.8. The van der Waals surface area contributed by atoms with Gasteiger partial charge in [-0.2, -0.15) is 0 Å². The number of anilines is 2. The highest BCUT2D eigenvalue weighted by molar-refractivity contribution is 6.06. The number of benzene rings is 3. The van der Waals surface area contributed by atoms with E-state index in [0.717, 1.165) is 18.2 Å². The number of carbonyl (C=O) groups excluding carboxylic acids is 2. The van der Waals surface area contributed by atoms with Gasteiger partial charge in [-0.1, -0.05) is 0 Å². The van der Waals surface area contributed by atoms with E-state index < -0.39 is 27.1 Å². The fourth-order valence-corrected chi connectivity index (χ4v) is 3.75. The van der Waals surface area contributed by atoms with Gasteiger partial charge in [0.1, 0.15) is 17.2 Å². The lowest BCUT2D eigenvalue weighted by atomic mass is 10.1. The van der Waals surface area contributed by atoms with E-state index in [1.165, 1.54) is 17.0 Å². The molecule has 2 amide bonds. The quantitative estimate of drug-likeness (QED) is 0.236. The summed E-state index contributed by atoms with van der Waals surface area (Å²) in [5.41, 5.74) is -0.744. The fourth-order valence-electron chi connectivity index (χ4n) is 3.75. The van der Waals surface area contributed by atoms with Crippen LogP contribution in [0.3, 0.4) is 0 Å². The summed E-state index contributed by atoms with van der Waals surface area (Å²) >= 11 is 0. The van der Waals surface area contributed by atoms with Gasteiger partial charge in [-0.15, -0.1) is 0 Å². The van der Waals surface area contributed by atoms with Crippen LogP contribution in [0.25, 0.3) is 0 Å². The van der Waals surface area contributed by atoms with Gasteiger partial charge >= 0.3 is 0 Å². The molecule has 13 nitrogen and oxygen atoms in total. The molecule has 1 aliphatic rings. The molecular formula is C25H22N4O9. The molecule has 3 aromatic rings. The Kier molecular flexibility index (Phi) is 7.66. The second-order valence-corrected chi connectivity index (χ2v) is 8.10. The summed E-state index contributed by atoms with van der Waals surface area (Å²) in [5.74, 6) is 0.731. The first-order valence-corrected chi connectivity index (χ1v) is 11.3. The monoisotopic (exact) mass is 522 g/mol. The first-order chi connectivity index (χ1) is 18.2. The van der Waals surface area contributed by atoms with Crippen LogP contribution in [0.2, 0.25) is 0 Å². The Morgan fingerprint density at radius 2 is 1.66 bits per heavy atom. The van der Waals surface area contributed by atoms with E-state index in [0.29, 0.717) is 42.5 Å². The largest absolute Gasteiger partial charge is 0.497 e. The molecular weight excluding hydrogens is 500 g/mol. The second-order valence-electron chi connectivity index (χ2n) is 8.10. The van der Waals surface area contributed by atoms with Crippen molar-refractivity contribution in [1.29, 1.82) is 0 Å². The number of amides is 2. The summed E-state index contributed by atoms with van der Waals surface area (Å²) in [4.78, 5) is 47.5. The molecule has 0 aliphatic carbocycles. The van der Waals surface area contributed by atoms with E-state index in [1.807, 2.05) is 0 Å². The van der Waals surface area contributed by atoms with Crippen LogP contribution < -0.4 is 24.4 Å². The number of carbonyl (C=O) groups is 2. The van der Waals surface area contributed by atoms with E-state index in [2.05, 4.69) is 5.32 Å². The Hall–Kier alpha value is -5.20. The van der Waals surface area contributed by atoms with Crippen LogP contribution in [0.15, 0.2) is 60.7 Å². The number of methoxy groups -OCH3 is 1. The molecule has 0 atom stereocenters. The van der Waals surface area contributed by atoms with E-state index in [4.69, 9.17) is 14.2 Å². The van der Waals surface area contributed by atoms with Crippen molar-refractivity contribution in [3.8, 4) is 17.2 Å². The van der Waals surface area contributed by atoms with Gasteiger partial charge in [-0.3, -0.25) is 29.8 Å². The number of ether oxygens (including phenoxy) is 3. The zero-order chi connectivity index (χ0) is 27.2. The van der Waals surface area contributed by atoms with Crippen molar-refractivity contribution in [2.45, 2.75) is 6.42 Å². The Balaban J connectivity index is 1.46. The summed E-state index contributed by atoms with van der Waals surface area (Å²) in [6, 6.07) is 14.4. The van der Waals surface area contributed by atoms with E-state index >= 15 is 0 Å². The van der Waals surface area contributed by atoms with Gasteiger partial charge in [0.15, 0.2) is 6.61 Å². The number of nitro groups is 2. The number of non-ortho nitro benzene ring substituents is 2. The van der Waals surface area contributed by atoms with Gasteiger partial charge in [0.05, 0.1) is 40.9 Å². The molecule has 0 fully saturated rings. The van der Waals surface area contributed by atoms with Crippen LogP contribution in [-0.4, -0.2) is 48.5 Å². The number of rotatable bonds is 10. The number of nitrogens with zero attached hydrogens (tertiary/aromatic N) is 3. The van der Waals surface area contributed by atoms with Crippen LogP contribution in [-0.2, 0) is 4.79 Å². The van der Waals surface area contributed by atoms with Crippen molar-refractivity contribution >= 4 is 34.6 Å². The van der Waals surface area contributed by atoms with Crippen LogP contribution in [0.1, 0.15) is 16.8 Å². The van der Waals surface area contributed by atoms with Crippen molar-refractivity contribution in [2.24, 2.45) is 0 Å². The normalized spacial score (nSPS) is 12.2. The Morgan fingerprint density at radius 3 is 2.29 bits per heavy atom. The lowest BCUT2D eigenvalue weighted by molar-refractivity contribution is -0.394. The number of fused-ring (bicyclic) bond motifs is 1. The highest BCUT2D eigenvalue weighted by Gasteiger charge is 2.26. The lowest BCUT2D eigenvalue weighted by Gasteiger charge is -2.30. The minimum atomic E-state index is -0.818. The van der Waals surface area contributed by atoms with Crippen LogP contribution in [0.5, 0.6) is 17.2 Å². The molecule has 38 heavy (non-hydrogen) atoms. The molecule has 196 valence electrons. The molecule has 1 N–H and O–H groups in total. The minimum Gasteiger partial charge on any atom is -0.497 e. The van der Waals surface area contributed by atoms with E-state index in [9.17, 15) is 29.8 Å². The van der Waals surface area contributed by atoms with Crippen LogP contribution in [0, 0.1) is 20.2 Å². The topological polar surface area (TPSA) is 163 Å². The first-order valence-electron chi connectivity index (χ1n) is 11.3. The third-order valence-corrected chi connectivity index (χ3v) is 5.60. The number of nitrogens with one attached hydrogen (secondary N) is 1. The summed E-state index contributed by atoms with van der Waals surface area (Å²) in [6.07, 6.45) is 0.505. The average Bonchev–Trinajstić information content (AvgIpc) is 2.92. The van der Waals surface area contributed by atoms with Crippen LogP contribution in [0.4, 0.5) is 22.7 Å². The van der Waals surface area contributed by atoms with Crippen molar-refractivity contribution in [2.75, 3.05) is 37.1 Å². The number of nitro benzene ring substituents is 2. The van der Waals surface area contributed by atoms with Crippen molar-refractivity contribution in [1.82, 2.24) is 0 Å². The molecule has 0 saturated carbocycles. The van der Waals surface area contributed by atoms with E-state index in [-0.39, 0.29) is 23.8 Å². The summed E-state index contributed by atoms with van der Waals surface area (Å²) in [7, 11) is 1.57. The molecule has 0 aromatic heterocycles. The van der Waals surface area contributed by atoms with Crippen molar-refractivity contribution < 1.29 is 33.6 Å². The van der Waals surface area contributed by atoms with Crippen LogP contribution >= 0.6 is 0 Å². The Labute approximate surface area is 215 Å². The molecule has 0 bridgehead atoms. The van der Waals surface area contributed by atoms with Gasteiger partial charge in [-0.25, -0.2) is 0 Å². The Morgan fingerprint density at radius 1 is 1.00 bits per heavy atom. The van der Waals surface area contributed by atoms with Crippen molar-refractivity contribution in [3.63, 3.8) is 0 Å². The Bertz CT molecular complexity index is 1360. The van der Waals surface area contributed by atoms with Crippen molar-refractivity contribution in [3.05, 3.63) is 86.5 Å². The zero-order valence-corrected chi connectivity index (χ0v) is 20.1. The standard InChI is InChI=1S/C25H22N4O9/c1-36-20-4-6-21(7-5-20)37-10-2-9-27-22-13-17(3-8-23(22)38-15-24(27)30)26-25(31)16-11-18(28(32)33)14-19(12-16)29(34)35/h3-8,11-14H,2,9-10,15H2,1H3,(H,26,31). The zero-order valence-electron chi connectivity index (χ0n) is 20.1. The lowest BCUT2D eigenvalue weighted by Crippen LogP contribution is -2.39. The maximum absolute atomic E-state index is 12.8. The third-order valence-electron chi connectivity index (χ3n) is 5.60.